The molecule has 0 aliphatic heterocycles. The predicted octanol–water partition coefficient (Wildman–Crippen LogP) is 14.6. The van der Waals surface area contributed by atoms with Gasteiger partial charge in [0.15, 0.2) is 5.82 Å². The van der Waals surface area contributed by atoms with Gasteiger partial charge >= 0.3 is 0 Å². The van der Waals surface area contributed by atoms with Crippen LogP contribution in [0.25, 0.3) is 122 Å². The number of aromatic nitrogens is 5. The molecule has 0 atom stereocenters. The van der Waals surface area contributed by atoms with Gasteiger partial charge in [0.25, 0.3) is 0 Å². The SMILES string of the molecule is c1ccc(-c2ccc3c4ccccc4n(-c4nc(-c5ccc(-c6ccc(-c7ccc8c(c7)oc7ccccc78)cc6)cc5)nc(-n5c6ccccc6c6ccccc65)n4)c3c2)cc1. The molecule has 0 N–H and O–H groups in total. The van der Waals surface area contributed by atoms with Gasteiger partial charge in [0.2, 0.25) is 11.9 Å². The van der Waals surface area contributed by atoms with Crippen molar-refractivity contribution in [2.45, 2.75) is 0 Å². The Balaban J connectivity index is 0.948. The summed E-state index contributed by atoms with van der Waals surface area (Å²) in [5.41, 5.74) is 13.6. The maximum atomic E-state index is 6.19. The highest BCUT2D eigenvalue weighted by atomic mass is 16.3. The van der Waals surface area contributed by atoms with Crippen molar-refractivity contribution in [3.63, 3.8) is 0 Å². The summed E-state index contributed by atoms with van der Waals surface area (Å²) < 4.78 is 10.6. The summed E-state index contributed by atoms with van der Waals surface area (Å²) in [5.74, 6) is 1.69. The van der Waals surface area contributed by atoms with Crippen LogP contribution in [0.2, 0.25) is 0 Å². The molecule has 4 heterocycles. The summed E-state index contributed by atoms with van der Waals surface area (Å²) in [7, 11) is 0. The summed E-state index contributed by atoms with van der Waals surface area (Å²) in [6.07, 6.45) is 0. The number of para-hydroxylation sites is 4. The minimum absolute atomic E-state index is 0.550. The van der Waals surface area contributed by atoms with E-state index in [9.17, 15) is 0 Å². The first-order chi connectivity index (χ1) is 31.2. The minimum atomic E-state index is 0.550. The van der Waals surface area contributed by atoms with E-state index in [1.165, 1.54) is 0 Å². The van der Waals surface area contributed by atoms with Gasteiger partial charge < -0.3 is 4.42 Å². The van der Waals surface area contributed by atoms with Crippen molar-refractivity contribution in [2.24, 2.45) is 0 Å². The summed E-state index contributed by atoms with van der Waals surface area (Å²) in [5, 5.41) is 6.83. The van der Waals surface area contributed by atoms with E-state index in [0.717, 1.165) is 104 Å². The van der Waals surface area contributed by atoms with Crippen LogP contribution in [0.15, 0.2) is 217 Å². The second kappa shape index (κ2) is 14.0. The molecule has 0 aliphatic carbocycles. The lowest BCUT2D eigenvalue weighted by Gasteiger charge is -2.13. The first-order valence-corrected chi connectivity index (χ1v) is 21.2. The van der Waals surface area contributed by atoms with Crippen LogP contribution >= 0.6 is 0 Å². The topological polar surface area (TPSA) is 61.7 Å². The second-order valence-electron chi connectivity index (χ2n) is 16.0. The molecule has 0 saturated heterocycles. The van der Waals surface area contributed by atoms with Gasteiger partial charge in [0.1, 0.15) is 11.2 Å². The zero-order valence-electron chi connectivity index (χ0n) is 33.9. The van der Waals surface area contributed by atoms with Crippen LogP contribution in [0.1, 0.15) is 0 Å². The van der Waals surface area contributed by atoms with Crippen LogP contribution in [0, 0.1) is 0 Å². The van der Waals surface area contributed by atoms with Gasteiger partial charge in [-0.3, -0.25) is 9.13 Å². The molecule has 0 radical (unpaired) electrons. The van der Waals surface area contributed by atoms with Gasteiger partial charge in [0.05, 0.1) is 22.1 Å². The largest absolute Gasteiger partial charge is 0.456 e. The molecule has 0 aliphatic rings. The Hall–Kier alpha value is -8.61. The van der Waals surface area contributed by atoms with E-state index in [1.54, 1.807) is 0 Å². The van der Waals surface area contributed by atoms with Crippen molar-refractivity contribution in [1.82, 2.24) is 24.1 Å². The Labute approximate surface area is 361 Å². The predicted molar refractivity (Wildman–Crippen MR) is 258 cm³/mol. The molecule has 4 aromatic heterocycles. The Bertz CT molecular complexity index is 3840. The fourth-order valence-corrected chi connectivity index (χ4v) is 9.39. The summed E-state index contributed by atoms with van der Waals surface area (Å²) in [4.78, 5) is 16.0. The van der Waals surface area contributed by atoms with Crippen LogP contribution in [0.5, 0.6) is 0 Å². The van der Waals surface area contributed by atoms with E-state index < -0.39 is 0 Å². The highest BCUT2D eigenvalue weighted by molar-refractivity contribution is 6.11. The van der Waals surface area contributed by atoms with Gasteiger partial charge in [0, 0.05) is 37.9 Å². The molecular formula is C57H35N5O. The number of rotatable bonds is 6. The van der Waals surface area contributed by atoms with Gasteiger partial charge in [-0.2, -0.15) is 15.0 Å². The van der Waals surface area contributed by atoms with Crippen LogP contribution in [-0.2, 0) is 0 Å². The first kappa shape index (κ1) is 35.2. The standard InChI is InChI=1S/C57H35N5O/c1-2-12-36(13-3-1)41-30-32-46-45-16-6-10-20-51(45)62(52(46)34-41)57-59-55(58-56(60-57)61-49-18-8-4-14-43(49)44-15-5-9-19-50(44)61)40-28-26-38(27-29-40)37-22-24-39(25-23-37)42-31-33-48-47-17-7-11-21-53(47)63-54(48)35-42/h1-35H. The third kappa shape index (κ3) is 5.69. The van der Waals surface area contributed by atoms with Gasteiger partial charge in [-0.1, -0.05) is 170 Å². The Morgan fingerprint density at radius 2 is 0.667 bits per heavy atom. The van der Waals surface area contributed by atoms with Crippen molar-refractivity contribution in [3.05, 3.63) is 212 Å². The number of hydrogen-bond acceptors (Lipinski definition) is 4. The van der Waals surface area contributed by atoms with E-state index in [1.807, 2.05) is 12.1 Å². The molecule has 6 nitrogen and oxygen atoms in total. The number of hydrogen-bond donors (Lipinski definition) is 0. The molecule has 294 valence electrons. The van der Waals surface area contributed by atoms with Crippen LogP contribution in [-0.4, -0.2) is 24.1 Å². The zero-order valence-corrected chi connectivity index (χ0v) is 33.9. The quantitative estimate of drug-likeness (QED) is 0.168. The van der Waals surface area contributed by atoms with Crippen LogP contribution in [0.3, 0.4) is 0 Å². The Kier molecular flexibility index (Phi) is 7.80. The second-order valence-corrected chi connectivity index (χ2v) is 16.0. The zero-order chi connectivity index (χ0) is 41.4. The minimum Gasteiger partial charge on any atom is -0.456 e. The van der Waals surface area contributed by atoms with Crippen LogP contribution in [0.4, 0.5) is 0 Å². The molecular weight excluding hydrogens is 771 g/mol. The molecule has 0 saturated carbocycles. The molecule has 9 aromatic carbocycles. The van der Waals surface area contributed by atoms with Crippen LogP contribution < -0.4 is 0 Å². The van der Waals surface area contributed by atoms with E-state index in [4.69, 9.17) is 19.4 Å². The molecule has 13 aromatic rings. The number of benzene rings is 9. The lowest BCUT2D eigenvalue weighted by Crippen LogP contribution is -2.10. The maximum Gasteiger partial charge on any atom is 0.240 e. The summed E-state index contributed by atoms with van der Waals surface area (Å²) in [6.45, 7) is 0. The highest BCUT2D eigenvalue weighted by Crippen LogP contribution is 2.37. The van der Waals surface area contributed by atoms with Crippen molar-refractivity contribution < 1.29 is 4.42 Å². The molecule has 13 rings (SSSR count). The van der Waals surface area contributed by atoms with E-state index in [-0.39, 0.29) is 0 Å². The Morgan fingerprint density at radius 1 is 0.270 bits per heavy atom. The highest BCUT2D eigenvalue weighted by Gasteiger charge is 2.21. The number of fused-ring (bicyclic) bond motifs is 9. The van der Waals surface area contributed by atoms with Crippen molar-refractivity contribution in [1.29, 1.82) is 0 Å². The fourth-order valence-electron chi connectivity index (χ4n) is 9.39. The number of furan rings is 1. The van der Waals surface area contributed by atoms with E-state index >= 15 is 0 Å². The van der Waals surface area contributed by atoms with Gasteiger partial charge in [-0.15, -0.1) is 0 Å². The number of nitrogens with zero attached hydrogens (tertiary/aromatic N) is 5. The molecule has 6 heteroatoms. The third-order valence-electron chi connectivity index (χ3n) is 12.4. The van der Waals surface area contributed by atoms with E-state index in [0.29, 0.717) is 17.7 Å². The maximum absolute atomic E-state index is 6.19. The monoisotopic (exact) mass is 805 g/mol. The first-order valence-electron chi connectivity index (χ1n) is 21.2. The molecule has 0 bridgehead atoms. The average molecular weight is 806 g/mol. The lowest BCUT2D eigenvalue weighted by molar-refractivity contribution is 0.669. The normalized spacial score (nSPS) is 11.8. The Morgan fingerprint density at radius 3 is 1.27 bits per heavy atom. The van der Waals surface area contributed by atoms with Crippen molar-refractivity contribution >= 4 is 65.6 Å². The fraction of sp³-hybridized carbons (Fsp3) is 0. The van der Waals surface area contributed by atoms with E-state index in [2.05, 4.69) is 209 Å². The summed E-state index contributed by atoms with van der Waals surface area (Å²) in [6, 6.07) is 74.5. The molecule has 0 fully saturated rings. The summed E-state index contributed by atoms with van der Waals surface area (Å²) >= 11 is 0. The molecule has 0 amide bonds. The molecule has 0 spiro atoms. The molecule has 63 heavy (non-hydrogen) atoms. The average Bonchev–Trinajstić information content (AvgIpc) is 4.01. The third-order valence-corrected chi connectivity index (χ3v) is 12.4. The van der Waals surface area contributed by atoms with Crippen molar-refractivity contribution in [2.75, 3.05) is 0 Å². The lowest BCUT2D eigenvalue weighted by atomic mass is 9.99. The van der Waals surface area contributed by atoms with Gasteiger partial charge in [-0.25, -0.2) is 0 Å². The molecule has 0 unspecified atom stereocenters. The van der Waals surface area contributed by atoms with Gasteiger partial charge in [-0.05, 0) is 75.8 Å². The van der Waals surface area contributed by atoms with Crippen molar-refractivity contribution in [3.8, 4) is 56.7 Å². The smallest absolute Gasteiger partial charge is 0.240 e.